The zero-order chi connectivity index (χ0) is 13.7. The molecule has 102 valence electrons. The number of aromatic nitrogens is 4. The quantitative estimate of drug-likeness (QED) is 0.840. The Kier molecular flexibility index (Phi) is 2.24. The summed E-state index contributed by atoms with van der Waals surface area (Å²) in [6, 6.07) is 0. The third-order valence-corrected chi connectivity index (χ3v) is 4.47. The molecule has 2 aliphatic carbocycles. The maximum absolute atomic E-state index is 12.5. The molecule has 2 aliphatic rings. The molecule has 6 nitrogen and oxygen atoms in total. The highest BCUT2D eigenvalue weighted by molar-refractivity contribution is 5.90. The summed E-state index contributed by atoms with van der Waals surface area (Å²) in [5.41, 5.74) is 2.27. The molecular weight excluding hydrogens is 256 g/mol. The van der Waals surface area contributed by atoms with Crippen molar-refractivity contribution in [1.29, 1.82) is 0 Å². The molecule has 6 heteroatoms. The molecule has 1 unspecified atom stereocenters. The molecule has 3 atom stereocenters. The molecule has 20 heavy (non-hydrogen) atoms. The Morgan fingerprint density at radius 3 is 3.15 bits per heavy atom. The van der Waals surface area contributed by atoms with Gasteiger partial charge in [0, 0.05) is 30.2 Å². The van der Waals surface area contributed by atoms with Crippen LogP contribution in [0.15, 0.2) is 24.8 Å². The summed E-state index contributed by atoms with van der Waals surface area (Å²) >= 11 is 0. The van der Waals surface area contributed by atoms with Gasteiger partial charge in [0.2, 0.25) is 0 Å². The Labute approximate surface area is 115 Å². The van der Waals surface area contributed by atoms with Crippen molar-refractivity contribution in [3.8, 4) is 0 Å². The fraction of sp³-hybridized carbons (Fsp3) is 0.429. The Balaban J connectivity index is 1.81. The lowest BCUT2D eigenvalue weighted by Gasteiger charge is -2.18. The first-order valence-corrected chi connectivity index (χ1v) is 6.76. The van der Waals surface area contributed by atoms with E-state index in [2.05, 4.69) is 20.2 Å². The predicted molar refractivity (Wildman–Crippen MR) is 68.9 cm³/mol. The van der Waals surface area contributed by atoms with Crippen molar-refractivity contribution in [1.82, 2.24) is 20.2 Å². The van der Waals surface area contributed by atoms with Gasteiger partial charge in [-0.05, 0) is 24.8 Å². The Bertz CT molecular complexity index is 669. The first-order chi connectivity index (χ1) is 9.80. The lowest BCUT2D eigenvalue weighted by molar-refractivity contribution is -0.147. The fourth-order valence-corrected chi connectivity index (χ4v) is 3.65. The van der Waals surface area contributed by atoms with Crippen LogP contribution in [0.2, 0.25) is 0 Å². The van der Waals surface area contributed by atoms with E-state index in [0.717, 1.165) is 12.1 Å². The highest BCUT2D eigenvalue weighted by atomic mass is 16.5. The average Bonchev–Trinajstić information content (AvgIpc) is 2.75. The van der Waals surface area contributed by atoms with Gasteiger partial charge in [-0.1, -0.05) is 0 Å². The maximum Gasteiger partial charge on any atom is 0.319 e. The molecule has 1 saturated carbocycles. The van der Waals surface area contributed by atoms with Crippen LogP contribution in [0.25, 0.3) is 0 Å². The lowest BCUT2D eigenvalue weighted by Crippen LogP contribution is -2.30. The van der Waals surface area contributed by atoms with E-state index in [1.807, 2.05) is 13.1 Å². The molecule has 1 fully saturated rings. The van der Waals surface area contributed by atoms with Crippen LogP contribution in [0.4, 0.5) is 0 Å². The molecule has 0 radical (unpaired) electrons. The summed E-state index contributed by atoms with van der Waals surface area (Å²) in [6.45, 7) is 2.19. The number of nitrogens with one attached hydrogen (secondary N) is 1. The van der Waals surface area contributed by atoms with Gasteiger partial charge in [-0.2, -0.15) is 5.10 Å². The summed E-state index contributed by atoms with van der Waals surface area (Å²) in [5, 5.41) is 7.10. The van der Waals surface area contributed by atoms with Gasteiger partial charge in [-0.15, -0.1) is 0 Å². The SMILES string of the molecule is CCOC(=O)C1(c2cnccn2)[C@H]2Cc3cn[nH]c3[C@@H]21. The van der Waals surface area contributed by atoms with E-state index in [-0.39, 0.29) is 17.8 Å². The number of nitrogens with zero attached hydrogens (tertiary/aromatic N) is 3. The topological polar surface area (TPSA) is 80.8 Å². The van der Waals surface area contributed by atoms with Gasteiger partial charge >= 0.3 is 5.97 Å². The number of ether oxygens (including phenoxy) is 1. The molecule has 0 bridgehead atoms. The van der Waals surface area contributed by atoms with Crippen LogP contribution in [0.1, 0.15) is 29.8 Å². The number of hydrogen-bond acceptors (Lipinski definition) is 5. The minimum absolute atomic E-state index is 0.0933. The van der Waals surface area contributed by atoms with Crippen LogP contribution in [-0.2, 0) is 21.4 Å². The van der Waals surface area contributed by atoms with E-state index in [4.69, 9.17) is 4.74 Å². The predicted octanol–water partition coefficient (Wildman–Crippen LogP) is 0.970. The van der Waals surface area contributed by atoms with E-state index in [1.54, 1.807) is 18.6 Å². The number of rotatable bonds is 3. The Morgan fingerprint density at radius 1 is 1.50 bits per heavy atom. The van der Waals surface area contributed by atoms with Gasteiger partial charge < -0.3 is 4.74 Å². The highest BCUT2D eigenvalue weighted by Gasteiger charge is 2.76. The number of H-pyrrole nitrogens is 1. The van der Waals surface area contributed by atoms with Crippen LogP contribution < -0.4 is 0 Å². The largest absolute Gasteiger partial charge is 0.465 e. The number of carbonyl (C=O) groups is 1. The van der Waals surface area contributed by atoms with Crippen LogP contribution in [-0.4, -0.2) is 32.7 Å². The van der Waals surface area contributed by atoms with Gasteiger partial charge in [0.1, 0.15) is 5.41 Å². The van der Waals surface area contributed by atoms with Gasteiger partial charge in [0.25, 0.3) is 0 Å². The molecule has 0 spiro atoms. The number of carbonyl (C=O) groups excluding carboxylic acids is 1. The summed E-state index contributed by atoms with van der Waals surface area (Å²) in [4.78, 5) is 21.0. The van der Waals surface area contributed by atoms with Crippen LogP contribution >= 0.6 is 0 Å². The van der Waals surface area contributed by atoms with Crippen molar-refractivity contribution >= 4 is 5.97 Å². The van der Waals surface area contributed by atoms with E-state index in [9.17, 15) is 4.79 Å². The Hall–Kier alpha value is -2.24. The summed E-state index contributed by atoms with van der Waals surface area (Å²) in [6.07, 6.45) is 7.59. The van der Waals surface area contributed by atoms with Crippen LogP contribution in [0, 0.1) is 5.92 Å². The number of fused-ring (bicyclic) bond motifs is 3. The van der Waals surface area contributed by atoms with Crippen LogP contribution in [0.3, 0.4) is 0 Å². The van der Waals surface area contributed by atoms with E-state index < -0.39 is 5.41 Å². The minimum atomic E-state index is -0.677. The summed E-state index contributed by atoms with van der Waals surface area (Å²) in [7, 11) is 0. The number of esters is 1. The van der Waals surface area contributed by atoms with Gasteiger partial charge in [0.05, 0.1) is 18.5 Å². The minimum Gasteiger partial charge on any atom is -0.465 e. The molecular formula is C14H14N4O2. The van der Waals surface area contributed by atoms with Gasteiger partial charge in [-0.25, -0.2) is 0 Å². The highest BCUT2D eigenvalue weighted by Crippen LogP contribution is 2.70. The van der Waals surface area contributed by atoms with E-state index in [0.29, 0.717) is 12.3 Å². The summed E-state index contributed by atoms with van der Waals surface area (Å²) in [5.74, 6) is 0.106. The fourth-order valence-electron chi connectivity index (χ4n) is 3.65. The third-order valence-electron chi connectivity index (χ3n) is 4.47. The normalized spacial score (nSPS) is 29.6. The maximum atomic E-state index is 12.5. The molecule has 2 aromatic heterocycles. The van der Waals surface area contributed by atoms with Crippen LogP contribution in [0.5, 0.6) is 0 Å². The van der Waals surface area contributed by atoms with Crippen molar-refractivity contribution in [2.24, 2.45) is 5.92 Å². The zero-order valence-corrected chi connectivity index (χ0v) is 11.0. The molecule has 2 aromatic rings. The van der Waals surface area contributed by atoms with Gasteiger partial charge in [-0.3, -0.25) is 19.9 Å². The van der Waals surface area contributed by atoms with Crippen molar-refractivity contribution in [3.63, 3.8) is 0 Å². The lowest BCUT2D eigenvalue weighted by atomic mass is 9.91. The first-order valence-electron chi connectivity index (χ1n) is 6.76. The second kappa shape index (κ2) is 3.88. The van der Waals surface area contributed by atoms with Gasteiger partial charge in [0.15, 0.2) is 0 Å². The average molecular weight is 270 g/mol. The van der Waals surface area contributed by atoms with E-state index >= 15 is 0 Å². The second-order valence-corrected chi connectivity index (χ2v) is 5.28. The molecule has 1 N–H and O–H groups in total. The summed E-state index contributed by atoms with van der Waals surface area (Å²) < 4.78 is 5.31. The standard InChI is InChI=1S/C14H14N4O2/c1-2-20-13(19)14(10-7-15-3-4-16-10)9-5-8-6-17-18-12(8)11(9)14/h3-4,6-7,9,11H,2,5H2,1H3,(H,17,18)/t9-,11+,14?/m0/s1. The monoisotopic (exact) mass is 270 g/mol. The van der Waals surface area contributed by atoms with E-state index in [1.165, 1.54) is 5.56 Å². The van der Waals surface area contributed by atoms with Crippen molar-refractivity contribution in [2.45, 2.75) is 24.7 Å². The van der Waals surface area contributed by atoms with Crippen molar-refractivity contribution < 1.29 is 9.53 Å². The molecule has 4 rings (SSSR count). The van der Waals surface area contributed by atoms with Crippen molar-refractivity contribution in [2.75, 3.05) is 6.61 Å². The number of aromatic amines is 1. The van der Waals surface area contributed by atoms with Crippen molar-refractivity contribution in [3.05, 3.63) is 41.7 Å². The molecule has 0 aliphatic heterocycles. The Morgan fingerprint density at radius 2 is 2.40 bits per heavy atom. The number of hydrogen-bond donors (Lipinski definition) is 1. The molecule has 0 aromatic carbocycles. The molecule has 0 saturated heterocycles. The first kappa shape index (κ1) is 11.6. The zero-order valence-electron chi connectivity index (χ0n) is 11.0. The third kappa shape index (κ3) is 1.23. The smallest absolute Gasteiger partial charge is 0.319 e. The molecule has 0 amide bonds. The molecule has 2 heterocycles. The second-order valence-electron chi connectivity index (χ2n) is 5.28.